The van der Waals surface area contributed by atoms with Gasteiger partial charge in [0.1, 0.15) is 5.75 Å². The molecule has 0 radical (unpaired) electrons. The van der Waals surface area contributed by atoms with E-state index in [4.69, 9.17) is 10.5 Å². The van der Waals surface area contributed by atoms with Crippen LogP contribution in [0.15, 0.2) is 24.3 Å². The second-order valence-electron chi connectivity index (χ2n) is 5.55. The fraction of sp³-hybridized carbons (Fsp3) is 0.562. The van der Waals surface area contributed by atoms with Crippen molar-refractivity contribution < 1.29 is 9.53 Å². The molecular weight excluding hydrogens is 252 g/mol. The Morgan fingerprint density at radius 2 is 1.95 bits per heavy atom. The van der Waals surface area contributed by atoms with Gasteiger partial charge in [-0.25, -0.2) is 0 Å². The SMILES string of the molecule is CCNC(C)(CCOc1ccc(C(C)C)cc1)C(N)=O. The molecule has 4 nitrogen and oxygen atoms in total. The van der Waals surface area contributed by atoms with Gasteiger partial charge in [-0.3, -0.25) is 4.79 Å². The van der Waals surface area contributed by atoms with E-state index in [1.54, 1.807) is 0 Å². The third-order valence-corrected chi connectivity index (χ3v) is 3.53. The number of carbonyl (C=O) groups excluding carboxylic acids is 1. The van der Waals surface area contributed by atoms with Crippen LogP contribution >= 0.6 is 0 Å². The molecular formula is C16H26N2O2. The maximum atomic E-state index is 11.5. The van der Waals surface area contributed by atoms with Crippen molar-refractivity contribution in [2.45, 2.75) is 45.6 Å². The zero-order valence-corrected chi connectivity index (χ0v) is 12.9. The Morgan fingerprint density at radius 1 is 1.35 bits per heavy atom. The molecule has 112 valence electrons. The minimum atomic E-state index is -0.716. The summed E-state index contributed by atoms with van der Waals surface area (Å²) in [6, 6.07) is 8.06. The maximum Gasteiger partial charge on any atom is 0.237 e. The summed E-state index contributed by atoms with van der Waals surface area (Å²) in [6.45, 7) is 9.22. The summed E-state index contributed by atoms with van der Waals surface area (Å²) in [4.78, 5) is 11.5. The van der Waals surface area contributed by atoms with Crippen LogP contribution in [0.2, 0.25) is 0 Å². The lowest BCUT2D eigenvalue weighted by atomic mass is 9.97. The zero-order chi connectivity index (χ0) is 15.2. The van der Waals surface area contributed by atoms with Crippen LogP contribution in [0.5, 0.6) is 5.75 Å². The van der Waals surface area contributed by atoms with E-state index in [2.05, 4.69) is 31.3 Å². The molecule has 1 amide bonds. The zero-order valence-electron chi connectivity index (χ0n) is 12.9. The second kappa shape index (κ2) is 7.29. The van der Waals surface area contributed by atoms with Gasteiger partial charge in [0.2, 0.25) is 5.91 Å². The van der Waals surface area contributed by atoms with Crippen LogP contribution in [0.4, 0.5) is 0 Å². The minimum absolute atomic E-state index is 0.349. The molecule has 1 atom stereocenters. The summed E-state index contributed by atoms with van der Waals surface area (Å²) >= 11 is 0. The van der Waals surface area contributed by atoms with Crippen molar-refractivity contribution in [3.63, 3.8) is 0 Å². The highest BCUT2D eigenvalue weighted by molar-refractivity contribution is 5.84. The van der Waals surface area contributed by atoms with E-state index in [1.807, 2.05) is 26.0 Å². The number of ether oxygens (including phenoxy) is 1. The molecule has 3 N–H and O–H groups in total. The molecule has 20 heavy (non-hydrogen) atoms. The topological polar surface area (TPSA) is 64.3 Å². The third-order valence-electron chi connectivity index (χ3n) is 3.53. The Labute approximate surface area is 121 Å². The smallest absolute Gasteiger partial charge is 0.237 e. The number of rotatable bonds is 8. The number of hydrogen-bond donors (Lipinski definition) is 2. The quantitative estimate of drug-likeness (QED) is 0.767. The van der Waals surface area contributed by atoms with Crippen molar-refractivity contribution in [1.82, 2.24) is 5.32 Å². The van der Waals surface area contributed by atoms with Gasteiger partial charge in [0, 0.05) is 6.42 Å². The van der Waals surface area contributed by atoms with Gasteiger partial charge < -0.3 is 15.8 Å². The number of primary amides is 1. The van der Waals surface area contributed by atoms with Crippen molar-refractivity contribution in [2.75, 3.05) is 13.2 Å². The highest BCUT2D eigenvalue weighted by Gasteiger charge is 2.29. The average Bonchev–Trinajstić information content (AvgIpc) is 2.39. The largest absolute Gasteiger partial charge is 0.494 e. The highest BCUT2D eigenvalue weighted by Crippen LogP contribution is 2.19. The standard InChI is InChI=1S/C16H26N2O2/c1-5-18-16(4,15(17)19)10-11-20-14-8-6-13(7-9-14)12(2)3/h6-9,12,18H,5,10-11H2,1-4H3,(H2,17,19). The lowest BCUT2D eigenvalue weighted by molar-refractivity contribution is -0.124. The van der Waals surface area contributed by atoms with E-state index in [0.717, 1.165) is 5.75 Å². The van der Waals surface area contributed by atoms with E-state index < -0.39 is 5.54 Å². The summed E-state index contributed by atoms with van der Waals surface area (Å²) in [7, 11) is 0. The molecule has 0 saturated heterocycles. The number of nitrogens with two attached hydrogens (primary N) is 1. The maximum absolute atomic E-state index is 11.5. The molecule has 1 rings (SSSR count). The van der Waals surface area contributed by atoms with Crippen LogP contribution in [0.1, 0.15) is 45.6 Å². The first kappa shape index (κ1) is 16.5. The Morgan fingerprint density at radius 3 is 2.40 bits per heavy atom. The van der Waals surface area contributed by atoms with Gasteiger partial charge in [0.05, 0.1) is 12.1 Å². The number of amides is 1. The van der Waals surface area contributed by atoms with Crippen LogP contribution < -0.4 is 15.8 Å². The van der Waals surface area contributed by atoms with Gasteiger partial charge in [-0.2, -0.15) is 0 Å². The van der Waals surface area contributed by atoms with E-state index in [-0.39, 0.29) is 5.91 Å². The van der Waals surface area contributed by atoms with E-state index >= 15 is 0 Å². The molecule has 0 saturated carbocycles. The van der Waals surface area contributed by atoms with E-state index in [1.165, 1.54) is 5.56 Å². The Hall–Kier alpha value is -1.55. The summed E-state index contributed by atoms with van der Waals surface area (Å²) in [5.41, 5.74) is 6.00. The predicted molar refractivity (Wildman–Crippen MR) is 81.9 cm³/mol. The van der Waals surface area contributed by atoms with Gasteiger partial charge in [-0.15, -0.1) is 0 Å². The molecule has 4 heteroatoms. The Bertz CT molecular complexity index is 429. The number of nitrogens with one attached hydrogen (secondary N) is 1. The highest BCUT2D eigenvalue weighted by atomic mass is 16.5. The van der Waals surface area contributed by atoms with Crippen LogP contribution in [0.25, 0.3) is 0 Å². The van der Waals surface area contributed by atoms with Crippen molar-refractivity contribution in [2.24, 2.45) is 5.73 Å². The molecule has 0 heterocycles. The van der Waals surface area contributed by atoms with Crippen LogP contribution in [-0.4, -0.2) is 24.6 Å². The first-order valence-corrected chi connectivity index (χ1v) is 7.16. The fourth-order valence-electron chi connectivity index (χ4n) is 2.01. The summed E-state index contributed by atoms with van der Waals surface area (Å²) < 4.78 is 5.69. The predicted octanol–water partition coefficient (Wildman–Crippen LogP) is 2.43. The van der Waals surface area contributed by atoms with Gasteiger partial charge in [0.15, 0.2) is 0 Å². The van der Waals surface area contributed by atoms with E-state index in [0.29, 0.717) is 25.5 Å². The van der Waals surface area contributed by atoms with Crippen molar-refractivity contribution in [3.05, 3.63) is 29.8 Å². The molecule has 0 fully saturated rings. The lowest BCUT2D eigenvalue weighted by Crippen LogP contribution is -2.53. The number of hydrogen-bond acceptors (Lipinski definition) is 3. The van der Waals surface area contributed by atoms with Crippen molar-refractivity contribution in [3.8, 4) is 5.75 Å². The van der Waals surface area contributed by atoms with Gasteiger partial charge in [0.25, 0.3) is 0 Å². The average molecular weight is 278 g/mol. The number of benzene rings is 1. The van der Waals surface area contributed by atoms with Gasteiger partial charge in [-0.1, -0.05) is 32.9 Å². The molecule has 0 bridgehead atoms. The summed E-state index contributed by atoms with van der Waals surface area (Å²) in [6.07, 6.45) is 0.544. The van der Waals surface area contributed by atoms with Crippen molar-refractivity contribution >= 4 is 5.91 Å². The third kappa shape index (κ3) is 4.53. The molecule has 0 spiro atoms. The monoisotopic (exact) mass is 278 g/mol. The summed E-state index contributed by atoms with van der Waals surface area (Å²) in [5, 5.41) is 3.11. The Kier molecular flexibility index (Phi) is 6.02. The van der Waals surface area contributed by atoms with Gasteiger partial charge in [-0.05, 0) is 37.1 Å². The van der Waals surface area contributed by atoms with Crippen molar-refractivity contribution in [1.29, 1.82) is 0 Å². The number of likely N-dealkylation sites (N-methyl/N-ethyl adjacent to an activating group) is 1. The molecule has 1 aromatic rings. The molecule has 1 unspecified atom stereocenters. The fourth-order valence-corrected chi connectivity index (χ4v) is 2.01. The van der Waals surface area contributed by atoms with Crippen LogP contribution in [-0.2, 0) is 4.79 Å². The first-order chi connectivity index (χ1) is 9.39. The summed E-state index contributed by atoms with van der Waals surface area (Å²) in [5.74, 6) is 0.979. The second-order valence-corrected chi connectivity index (χ2v) is 5.55. The lowest BCUT2D eigenvalue weighted by Gasteiger charge is -2.26. The minimum Gasteiger partial charge on any atom is -0.494 e. The van der Waals surface area contributed by atoms with E-state index in [9.17, 15) is 4.79 Å². The normalized spacial score (nSPS) is 14.1. The van der Waals surface area contributed by atoms with Crippen LogP contribution in [0, 0.1) is 0 Å². The molecule has 0 aliphatic rings. The van der Waals surface area contributed by atoms with Crippen LogP contribution in [0.3, 0.4) is 0 Å². The van der Waals surface area contributed by atoms with Gasteiger partial charge >= 0.3 is 0 Å². The number of carbonyl (C=O) groups is 1. The molecule has 0 aliphatic heterocycles. The molecule has 0 aromatic heterocycles. The molecule has 0 aliphatic carbocycles. The Balaban J connectivity index is 2.52. The molecule has 1 aromatic carbocycles. The first-order valence-electron chi connectivity index (χ1n) is 7.16.